The number of hydrogen-bond acceptors (Lipinski definition) is 6. The average Bonchev–Trinajstić information content (AvgIpc) is 2.84. The predicted molar refractivity (Wildman–Crippen MR) is 133 cm³/mol. The van der Waals surface area contributed by atoms with Crippen molar-refractivity contribution in [3.8, 4) is 23.0 Å². The molecule has 8 nitrogen and oxygen atoms in total. The Bertz CT molecular complexity index is 1600. The molecule has 5 N–H and O–H groups in total. The molecule has 0 bridgehead atoms. The Morgan fingerprint density at radius 1 is 0.771 bits per heavy atom. The van der Waals surface area contributed by atoms with Gasteiger partial charge >= 0.3 is 0 Å². The van der Waals surface area contributed by atoms with E-state index in [1.165, 1.54) is 18.2 Å². The minimum absolute atomic E-state index is 0.118. The van der Waals surface area contributed by atoms with Crippen LogP contribution in [0.25, 0.3) is 21.8 Å². The van der Waals surface area contributed by atoms with Crippen molar-refractivity contribution in [3.05, 3.63) is 104 Å². The van der Waals surface area contributed by atoms with Crippen molar-refractivity contribution in [2.45, 2.75) is 12.8 Å². The largest absolute Gasteiger partial charge is 0.507 e. The molecule has 0 atom stereocenters. The molecule has 0 unspecified atom stereocenters. The Kier molecular flexibility index (Phi) is 5.41. The van der Waals surface area contributed by atoms with Crippen LogP contribution in [0, 0.1) is 0 Å². The summed E-state index contributed by atoms with van der Waals surface area (Å²) in [5.41, 5.74) is -0.266. The van der Waals surface area contributed by atoms with Crippen molar-refractivity contribution in [3.63, 3.8) is 0 Å². The Morgan fingerprint density at radius 3 is 1.80 bits per heavy atom. The van der Waals surface area contributed by atoms with Crippen molar-refractivity contribution >= 4 is 21.8 Å². The zero-order valence-corrected chi connectivity index (χ0v) is 18.7. The molecule has 35 heavy (non-hydrogen) atoms. The second kappa shape index (κ2) is 8.57. The van der Waals surface area contributed by atoms with Crippen molar-refractivity contribution in [2.24, 2.45) is 0 Å². The summed E-state index contributed by atoms with van der Waals surface area (Å²) in [4.78, 5) is 32.1. The Morgan fingerprint density at radius 2 is 1.29 bits per heavy atom. The number of nitrogens with one attached hydrogen (secondary N) is 2. The first kappa shape index (κ1) is 22.1. The van der Waals surface area contributed by atoms with Gasteiger partial charge in [0.15, 0.2) is 11.5 Å². The standard InChI is InChI=1S/C27H22N2O6/c1-2-35-20-13-14(11-12-19(20)30)21(22-24(31)15-7-3-5-9-17(15)28-26(22)33)23-25(32)16-8-4-6-10-18(16)29-27(23)34/h3-13,21,30H,2H2,1H3,(H2,28,31,33)(H2,29,32,34). The lowest BCUT2D eigenvalue weighted by molar-refractivity contribution is 0.317. The number of aromatic nitrogens is 2. The maximum absolute atomic E-state index is 13.3. The third kappa shape index (κ3) is 3.65. The van der Waals surface area contributed by atoms with Gasteiger partial charge in [0.1, 0.15) is 11.5 Å². The van der Waals surface area contributed by atoms with Crippen molar-refractivity contribution in [2.75, 3.05) is 6.61 Å². The fraction of sp³-hybridized carbons (Fsp3) is 0.111. The third-order valence-electron chi connectivity index (χ3n) is 6.05. The summed E-state index contributed by atoms with van der Waals surface area (Å²) in [6.07, 6.45) is 0. The zero-order valence-electron chi connectivity index (χ0n) is 18.7. The number of H-pyrrole nitrogens is 2. The fourth-order valence-electron chi connectivity index (χ4n) is 4.48. The second-order valence-electron chi connectivity index (χ2n) is 8.12. The molecule has 0 radical (unpaired) electrons. The van der Waals surface area contributed by atoms with Gasteiger partial charge in [0.05, 0.1) is 34.7 Å². The van der Waals surface area contributed by atoms with Crippen LogP contribution in [0.15, 0.2) is 76.3 Å². The molecule has 5 aromatic rings. The smallest absolute Gasteiger partial charge is 0.256 e. The minimum atomic E-state index is -1.18. The predicted octanol–water partition coefficient (Wildman–Crippen LogP) is 4.07. The van der Waals surface area contributed by atoms with Gasteiger partial charge in [-0.3, -0.25) is 9.59 Å². The van der Waals surface area contributed by atoms with E-state index in [0.717, 1.165) is 0 Å². The van der Waals surface area contributed by atoms with Crippen LogP contribution < -0.4 is 15.9 Å². The lowest BCUT2D eigenvalue weighted by atomic mass is 9.84. The maximum Gasteiger partial charge on any atom is 0.256 e. The average molecular weight is 470 g/mol. The number of aromatic hydroxyl groups is 3. The summed E-state index contributed by atoms with van der Waals surface area (Å²) in [7, 11) is 0. The van der Waals surface area contributed by atoms with Crippen LogP contribution in [-0.2, 0) is 0 Å². The Hall–Kier alpha value is -4.72. The number of ether oxygens (including phenoxy) is 1. The summed E-state index contributed by atoms with van der Waals surface area (Å²) in [6, 6.07) is 17.9. The molecule has 176 valence electrons. The first-order chi connectivity index (χ1) is 16.9. The molecule has 2 heterocycles. The molecule has 5 rings (SSSR count). The van der Waals surface area contributed by atoms with Gasteiger partial charge in [-0.25, -0.2) is 0 Å². The number of rotatable bonds is 5. The lowest BCUT2D eigenvalue weighted by Gasteiger charge is -2.21. The number of aromatic amines is 2. The van der Waals surface area contributed by atoms with E-state index in [2.05, 4.69) is 9.97 Å². The monoisotopic (exact) mass is 470 g/mol. The van der Waals surface area contributed by atoms with E-state index < -0.39 is 17.0 Å². The van der Waals surface area contributed by atoms with Gasteiger partial charge in [0.2, 0.25) is 0 Å². The zero-order chi connectivity index (χ0) is 24.7. The van der Waals surface area contributed by atoms with Crippen LogP contribution in [0.1, 0.15) is 29.5 Å². The maximum atomic E-state index is 13.3. The van der Waals surface area contributed by atoms with Crippen LogP contribution in [0.5, 0.6) is 23.0 Å². The molecule has 0 fully saturated rings. The fourth-order valence-corrected chi connectivity index (χ4v) is 4.48. The van der Waals surface area contributed by atoms with Crippen molar-refractivity contribution < 1.29 is 20.1 Å². The summed E-state index contributed by atoms with van der Waals surface area (Å²) >= 11 is 0. The van der Waals surface area contributed by atoms with E-state index in [4.69, 9.17) is 4.74 Å². The topological polar surface area (TPSA) is 136 Å². The molecule has 0 aliphatic heterocycles. The van der Waals surface area contributed by atoms with Crippen LogP contribution in [-0.4, -0.2) is 31.9 Å². The normalized spacial score (nSPS) is 11.4. The second-order valence-corrected chi connectivity index (χ2v) is 8.12. The highest BCUT2D eigenvalue weighted by atomic mass is 16.5. The molecule has 3 aromatic carbocycles. The van der Waals surface area contributed by atoms with Gasteiger partial charge in [0.25, 0.3) is 11.1 Å². The number of hydrogen-bond donors (Lipinski definition) is 5. The quantitative estimate of drug-likeness (QED) is 0.263. The summed E-state index contributed by atoms with van der Waals surface area (Å²) in [5, 5.41) is 33.5. The van der Waals surface area contributed by atoms with Gasteiger partial charge in [-0.1, -0.05) is 30.3 Å². The summed E-state index contributed by atoms with van der Waals surface area (Å²) in [6.45, 7) is 2.02. The minimum Gasteiger partial charge on any atom is -0.507 e. The number of phenols is 1. The van der Waals surface area contributed by atoms with Gasteiger partial charge in [-0.2, -0.15) is 0 Å². The van der Waals surface area contributed by atoms with Gasteiger partial charge in [-0.05, 0) is 48.9 Å². The van der Waals surface area contributed by atoms with E-state index in [9.17, 15) is 24.9 Å². The van der Waals surface area contributed by atoms with Crippen LogP contribution in [0.4, 0.5) is 0 Å². The number of para-hydroxylation sites is 2. The van der Waals surface area contributed by atoms with Crippen LogP contribution >= 0.6 is 0 Å². The Balaban J connectivity index is 1.90. The van der Waals surface area contributed by atoms with Gasteiger partial charge in [-0.15, -0.1) is 0 Å². The molecular weight excluding hydrogens is 448 g/mol. The molecule has 0 aliphatic carbocycles. The van der Waals surface area contributed by atoms with Gasteiger partial charge < -0.3 is 30.0 Å². The van der Waals surface area contributed by atoms with E-state index in [1.807, 2.05) is 0 Å². The Labute approximate surface area is 198 Å². The van der Waals surface area contributed by atoms with Gasteiger partial charge in [0, 0.05) is 10.8 Å². The van der Waals surface area contributed by atoms with E-state index >= 15 is 0 Å². The highest BCUT2D eigenvalue weighted by Gasteiger charge is 2.31. The van der Waals surface area contributed by atoms with Crippen molar-refractivity contribution in [1.82, 2.24) is 9.97 Å². The summed E-state index contributed by atoms with van der Waals surface area (Å²) < 4.78 is 5.51. The highest BCUT2D eigenvalue weighted by Crippen LogP contribution is 2.42. The molecule has 0 amide bonds. The molecule has 0 spiro atoms. The van der Waals surface area contributed by atoms with Crippen LogP contribution in [0.2, 0.25) is 0 Å². The van der Waals surface area contributed by atoms with Crippen LogP contribution in [0.3, 0.4) is 0 Å². The lowest BCUT2D eigenvalue weighted by Crippen LogP contribution is -2.24. The molecule has 8 heteroatoms. The first-order valence-electron chi connectivity index (χ1n) is 11.0. The molecule has 0 aliphatic rings. The van der Waals surface area contributed by atoms with E-state index in [-0.39, 0.29) is 40.7 Å². The molecule has 0 saturated heterocycles. The molecule has 0 saturated carbocycles. The number of phenolic OH excluding ortho intramolecular Hbond substituents is 1. The molecule has 2 aromatic heterocycles. The number of benzene rings is 3. The van der Waals surface area contributed by atoms with Crippen molar-refractivity contribution in [1.29, 1.82) is 0 Å². The number of pyridine rings is 2. The highest BCUT2D eigenvalue weighted by molar-refractivity contribution is 5.88. The number of fused-ring (bicyclic) bond motifs is 2. The summed E-state index contributed by atoms with van der Waals surface area (Å²) in [5.74, 6) is -1.79. The first-order valence-corrected chi connectivity index (χ1v) is 11.0. The SMILES string of the molecule is CCOc1cc(C(c2c(O)c3ccccc3[nH]c2=O)c2c(O)c3ccccc3[nH]c2=O)ccc1O. The molecular formula is C27H22N2O6. The third-order valence-corrected chi connectivity index (χ3v) is 6.05. The van der Waals surface area contributed by atoms with E-state index in [1.54, 1.807) is 55.5 Å². The van der Waals surface area contributed by atoms with E-state index in [0.29, 0.717) is 27.4 Å².